The van der Waals surface area contributed by atoms with Gasteiger partial charge in [0, 0.05) is 24.6 Å². The average Bonchev–Trinajstić information content (AvgIpc) is 2.74. The second kappa shape index (κ2) is 5.42. The Bertz CT molecular complexity index is 557. The third kappa shape index (κ3) is 2.66. The molecule has 0 aliphatic rings. The number of rotatable bonds is 4. The molecule has 3 nitrogen and oxygen atoms in total. The van der Waals surface area contributed by atoms with E-state index in [0.717, 1.165) is 0 Å². The number of hydrogen-bond donors (Lipinski definition) is 1. The largest absolute Gasteiger partial charge is 0.326 e. The summed E-state index contributed by atoms with van der Waals surface area (Å²) in [7, 11) is 0. The van der Waals surface area contributed by atoms with Crippen LogP contribution in [0.3, 0.4) is 0 Å². The molecule has 2 aromatic rings. The van der Waals surface area contributed by atoms with Crippen molar-refractivity contribution >= 4 is 34.8 Å². The number of allylic oxidation sites excluding steroid dienone is 1. The van der Waals surface area contributed by atoms with Crippen molar-refractivity contribution in [1.29, 1.82) is 0 Å². The van der Waals surface area contributed by atoms with E-state index in [1.54, 1.807) is 18.5 Å². The number of aromatic nitrogens is 2. The summed E-state index contributed by atoms with van der Waals surface area (Å²) in [4.78, 5) is 4.14. The van der Waals surface area contributed by atoms with Gasteiger partial charge in [-0.15, -0.1) is 6.58 Å². The maximum absolute atomic E-state index is 13.3. The summed E-state index contributed by atoms with van der Waals surface area (Å²) in [6, 6.07) is 2.91. The number of halogens is 3. The van der Waals surface area contributed by atoms with Crippen LogP contribution in [0.4, 0.5) is 16.0 Å². The predicted molar refractivity (Wildman–Crippen MR) is 72.1 cm³/mol. The Morgan fingerprint density at radius 1 is 1.39 bits per heavy atom. The minimum Gasteiger partial charge on any atom is -0.326 e. The molecule has 1 heterocycles. The van der Waals surface area contributed by atoms with Gasteiger partial charge in [-0.05, 0) is 12.1 Å². The van der Waals surface area contributed by atoms with Crippen molar-refractivity contribution in [2.24, 2.45) is 0 Å². The van der Waals surface area contributed by atoms with Crippen molar-refractivity contribution in [2.75, 3.05) is 5.32 Å². The Hall–Kier alpha value is -1.52. The third-order valence-electron chi connectivity index (χ3n) is 2.28. The van der Waals surface area contributed by atoms with Gasteiger partial charge in [-0.1, -0.05) is 29.3 Å². The van der Waals surface area contributed by atoms with E-state index in [0.29, 0.717) is 18.2 Å². The molecule has 0 aliphatic heterocycles. The highest BCUT2D eigenvalue weighted by molar-refractivity contribution is 6.35. The summed E-state index contributed by atoms with van der Waals surface area (Å²) in [6.07, 6.45) is 5.20. The summed E-state index contributed by atoms with van der Waals surface area (Å²) in [5, 5.41) is 2.94. The summed E-state index contributed by atoms with van der Waals surface area (Å²) < 4.78 is 15.1. The van der Waals surface area contributed by atoms with Gasteiger partial charge in [0.15, 0.2) is 5.82 Å². The minimum atomic E-state index is -0.627. The SMILES string of the molecule is C=CCn1ccnc1Nc1cc(Cl)c(F)c(Cl)c1. The lowest BCUT2D eigenvalue weighted by Gasteiger charge is -2.09. The third-order valence-corrected chi connectivity index (χ3v) is 2.83. The highest BCUT2D eigenvalue weighted by atomic mass is 35.5. The average molecular weight is 286 g/mol. The molecule has 1 aromatic heterocycles. The Balaban J connectivity index is 2.28. The summed E-state index contributed by atoms with van der Waals surface area (Å²) in [5.74, 6) is -0.0213. The first-order valence-electron chi connectivity index (χ1n) is 5.15. The standard InChI is InChI=1S/C12H10Cl2FN3/c1-2-4-18-5-3-16-12(18)17-8-6-9(13)11(15)10(14)7-8/h2-3,5-7H,1,4H2,(H,16,17). The molecule has 0 amide bonds. The van der Waals surface area contributed by atoms with Crippen LogP contribution in [0.5, 0.6) is 0 Å². The molecule has 6 heteroatoms. The first-order chi connectivity index (χ1) is 8.61. The van der Waals surface area contributed by atoms with Gasteiger partial charge in [0.1, 0.15) is 0 Å². The summed E-state index contributed by atoms with van der Waals surface area (Å²) in [6.45, 7) is 4.27. The lowest BCUT2D eigenvalue weighted by Crippen LogP contribution is -2.02. The van der Waals surface area contributed by atoms with Crippen molar-refractivity contribution in [2.45, 2.75) is 6.54 Å². The fourth-order valence-electron chi connectivity index (χ4n) is 1.48. The Morgan fingerprint density at radius 3 is 2.67 bits per heavy atom. The summed E-state index contributed by atoms with van der Waals surface area (Å²) >= 11 is 11.4. The summed E-state index contributed by atoms with van der Waals surface area (Å²) in [5.41, 5.74) is 0.572. The maximum Gasteiger partial charge on any atom is 0.207 e. The van der Waals surface area contributed by atoms with Crippen LogP contribution in [-0.2, 0) is 6.54 Å². The van der Waals surface area contributed by atoms with Crippen LogP contribution in [-0.4, -0.2) is 9.55 Å². The zero-order valence-corrected chi connectivity index (χ0v) is 10.8. The molecule has 0 bridgehead atoms. The Labute approximate surface area is 114 Å². The van der Waals surface area contributed by atoms with Crippen LogP contribution in [0.15, 0.2) is 37.2 Å². The maximum atomic E-state index is 13.3. The fourth-order valence-corrected chi connectivity index (χ4v) is 1.96. The minimum absolute atomic E-state index is 0.0353. The van der Waals surface area contributed by atoms with E-state index in [9.17, 15) is 4.39 Å². The van der Waals surface area contributed by atoms with Crippen LogP contribution < -0.4 is 5.32 Å². The molecule has 18 heavy (non-hydrogen) atoms. The van der Waals surface area contributed by atoms with Crippen molar-refractivity contribution < 1.29 is 4.39 Å². The van der Waals surface area contributed by atoms with Crippen LogP contribution in [0.1, 0.15) is 0 Å². The molecular formula is C12H10Cl2FN3. The monoisotopic (exact) mass is 285 g/mol. The van der Waals surface area contributed by atoms with Crippen LogP contribution in [0, 0.1) is 5.82 Å². The second-order valence-corrected chi connectivity index (χ2v) is 4.39. The fraction of sp³-hybridized carbons (Fsp3) is 0.0833. The van der Waals surface area contributed by atoms with E-state index in [1.807, 2.05) is 4.57 Å². The molecule has 1 aromatic carbocycles. The molecule has 94 valence electrons. The quantitative estimate of drug-likeness (QED) is 0.672. The van der Waals surface area contributed by atoms with Gasteiger partial charge in [-0.3, -0.25) is 0 Å². The molecule has 0 fully saturated rings. The Morgan fingerprint density at radius 2 is 2.06 bits per heavy atom. The lowest BCUT2D eigenvalue weighted by molar-refractivity contribution is 0.629. The number of benzene rings is 1. The second-order valence-electron chi connectivity index (χ2n) is 3.57. The van der Waals surface area contributed by atoms with Crippen LogP contribution in [0.25, 0.3) is 0 Å². The van der Waals surface area contributed by atoms with Gasteiger partial charge >= 0.3 is 0 Å². The molecule has 2 rings (SSSR count). The zero-order chi connectivity index (χ0) is 13.1. The van der Waals surface area contributed by atoms with Crippen molar-refractivity contribution in [1.82, 2.24) is 9.55 Å². The molecule has 0 spiro atoms. The molecule has 1 N–H and O–H groups in total. The smallest absolute Gasteiger partial charge is 0.207 e. The number of nitrogens with zero attached hydrogens (tertiary/aromatic N) is 2. The molecule has 0 radical (unpaired) electrons. The molecule has 0 saturated heterocycles. The topological polar surface area (TPSA) is 29.9 Å². The zero-order valence-electron chi connectivity index (χ0n) is 9.33. The highest BCUT2D eigenvalue weighted by Crippen LogP contribution is 2.28. The van der Waals surface area contributed by atoms with E-state index in [4.69, 9.17) is 23.2 Å². The van der Waals surface area contributed by atoms with Crippen molar-refractivity contribution in [3.05, 3.63) is 53.0 Å². The normalized spacial score (nSPS) is 10.4. The lowest BCUT2D eigenvalue weighted by atomic mass is 10.3. The van der Waals surface area contributed by atoms with Gasteiger partial charge in [-0.2, -0.15) is 0 Å². The van der Waals surface area contributed by atoms with E-state index in [2.05, 4.69) is 16.9 Å². The number of anilines is 2. The molecule has 0 atom stereocenters. The van der Waals surface area contributed by atoms with Crippen LogP contribution in [0.2, 0.25) is 10.0 Å². The Kier molecular flexibility index (Phi) is 3.89. The van der Waals surface area contributed by atoms with Crippen molar-refractivity contribution in [3.63, 3.8) is 0 Å². The van der Waals surface area contributed by atoms with E-state index >= 15 is 0 Å². The number of hydrogen-bond acceptors (Lipinski definition) is 2. The molecule has 0 aliphatic carbocycles. The van der Waals surface area contributed by atoms with Gasteiger partial charge in [0.05, 0.1) is 10.0 Å². The molecule has 0 unspecified atom stereocenters. The van der Waals surface area contributed by atoms with Crippen molar-refractivity contribution in [3.8, 4) is 0 Å². The predicted octanol–water partition coefficient (Wildman–Crippen LogP) is 4.26. The van der Waals surface area contributed by atoms with Gasteiger partial charge in [0.2, 0.25) is 5.95 Å². The van der Waals surface area contributed by atoms with Gasteiger partial charge < -0.3 is 9.88 Å². The molecular weight excluding hydrogens is 276 g/mol. The highest BCUT2D eigenvalue weighted by Gasteiger charge is 2.09. The first kappa shape index (κ1) is 12.9. The number of imidazole rings is 1. The van der Waals surface area contributed by atoms with E-state index < -0.39 is 5.82 Å². The number of nitrogens with one attached hydrogen (secondary N) is 1. The van der Waals surface area contributed by atoms with Gasteiger partial charge in [0.25, 0.3) is 0 Å². The molecule has 0 saturated carbocycles. The first-order valence-corrected chi connectivity index (χ1v) is 5.91. The van der Waals surface area contributed by atoms with E-state index in [-0.39, 0.29) is 10.0 Å². The van der Waals surface area contributed by atoms with E-state index in [1.165, 1.54) is 12.1 Å². The van der Waals surface area contributed by atoms with Crippen LogP contribution >= 0.6 is 23.2 Å². The van der Waals surface area contributed by atoms with Gasteiger partial charge in [-0.25, -0.2) is 9.37 Å².